The molecular formula is C29H38N4O3S. The van der Waals surface area contributed by atoms with Crippen LogP contribution < -0.4 is 5.32 Å². The summed E-state index contributed by atoms with van der Waals surface area (Å²) in [4.78, 5) is 38.1. The predicted molar refractivity (Wildman–Crippen MR) is 148 cm³/mol. The number of ether oxygens (including phenoxy) is 1. The summed E-state index contributed by atoms with van der Waals surface area (Å²) in [5.74, 6) is 0.0271. The maximum Gasteiger partial charge on any atom is 0.338 e. The zero-order chi connectivity index (χ0) is 26.7. The lowest BCUT2D eigenvalue weighted by Gasteiger charge is -2.34. The van der Waals surface area contributed by atoms with Gasteiger partial charge in [0.05, 0.1) is 18.2 Å². The predicted octanol–water partition coefficient (Wildman–Crippen LogP) is 5.44. The Labute approximate surface area is 223 Å². The number of aryl methyl sites for hydroxylation is 1. The molecule has 198 valence electrons. The molecule has 8 heteroatoms. The number of benzene rings is 1. The molecule has 1 amide bonds. The first-order valence-corrected chi connectivity index (χ1v) is 13.9. The standard InChI is InChI=1S/C29H38N4O3S/c1-7-36-28(35)19-10-8-9-18(15-19)23(13-14-33(5)6)30-25(34)27-32-24-17-20-16-21(29(2,3)4)11-12-22(20)31-26(24)37-27/h8-10,15,17,21,23H,7,11-14,16H2,1-6H3,(H,30,34)/t21?,23-/m1/s1. The second-order valence-electron chi connectivity index (χ2n) is 11.2. The minimum atomic E-state index is -0.364. The SMILES string of the molecule is CCOC(=O)c1cccc([C@@H](CCN(C)C)NC(=O)c2nc3cc4c(nc3s2)CCC(C(C)(C)C)C4)c1. The van der Waals surface area contributed by atoms with E-state index in [-0.39, 0.29) is 23.3 Å². The van der Waals surface area contributed by atoms with Crippen LogP contribution in [0.5, 0.6) is 0 Å². The van der Waals surface area contributed by atoms with Crippen LogP contribution in [0.3, 0.4) is 0 Å². The van der Waals surface area contributed by atoms with Crippen molar-refractivity contribution in [3.05, 3.63) is 57.7 Å². The fourth-order valence-electron chi connectivity index (χ4n) is 4.87. The summed E-state index contributed by atoms with van der Waals surface area (Å²) in [6, 6.07) is 9.16. The molecule has 1 aliphatic carbocycles. The molecule has 7 nitrogen and oxygen atoms in total. The van der Waals surface area contributed by atoms with Gasteiger partial charge in [0, 0.05) is 5.69 Å². The molecule has 1 aromatic carbocycles. The Morgan fingerprint density at radius 2 is 2.00 bits per heavy atom. The Kier molecular flexibility index (Phi) is 8.29. The molecule has 2 heterocycles. The summed E-state index contributed by atoms with van der Waals surface area (Å²) in [5, 5.41) is 3.57. The van der Waals surface area contributed by atoms with Gasteiger partial charge < -0.3 is 15.0 Å². The highest BCUT2D eigenvalue weighted by Gasteiger charge is 2.30. The second kappa shape index (κ2) is 11.3. The van der Waals surface area contributed by atoms with Crippen LogP contribution >= 0.6 is 11.3 Å². The maximum atomic E-state index is 13.4. The lowest BCUT2D eigenvalue weighted by Crippen LogP contribution is -2.31. The molecule has 2 atom stereocenters. The first-order chi connectivity index (χ1) is 17.5. The average molecular weight is 523 g/mol. The smallest absolute Gasteiger partial charge is 0.338 e. The number of aromatic nitrogens is 2. The van der Waals surface area contributed by atoms with Crippen molar-refractivity contribution in [2.45, 2.75) is 59.4 Å². The van der Waals surface area contributed by atoms with Crippen molar-refractivity contribution >= 4 is 33.6 Å². The molecule has 2 aromatic heterocycles. The third kappa shape index (κ3) is 6.54. The molecule has 0 saturated heterocycles. The highest BCUT2D eigenvalue weighted by molar-refractivity contribution is 7.19. The Morgan fingerprint density at radius 3 is 2.70 bits per heavy atom. The molecule has 37 heavy (non-hydrogen) atoms. The van der Waals surface area contributed by atoms with Crippen molar-refractivity contribution in [2.24, 2.45) is 11.3 Å². The van der Waals surface area contributed by atoms with Crippen molar-refractivity contribution in [2.75, 3.05) is 27.2 Å². The molecule has 4 rings (SSSR count). The largest absolute Gasteiger partial charge is 0.462 e. The van der Waals surface area contributed by atoms with E-state index in [1.807, 2.05) is 26.2 Å². The minimum Gasteiger partial charge on any atom is -0.462 e. The van der Waals surface area contributed by atoms with E-state index < -0.39 is 0 Å². The number of hydrogen-bond donors (Lipinski definition) is 1. The van der Waals surface area contributed by atoms with Crippen molar-refractivity contribution < 1.29 is 14.3 Å². The molecule has 0 bridgehead atoms. The van der Waals surface area contributed by atoms with Gasteiger partial charge >= 0.3 is 5.97 Å². The topological polar surface area (TPSA) is 84.4 Å². The van der Waals surface area contributed by atoms with Crippen LogP contribution in [0.4, 0.5) is 0 Å². The number of pyridine rings is 1. The molecule has 1 aliphatic rings. The van der Waals surface area contributed by atoms with E-state index in [0.29, 0.717) is 29.5 Å². The van der Waals surface area contributed by atoms with Gasteiger partial charge in [-0.1, -0.05) is 44.2 Å². The Morgan fingerprint density at radius 1 is 1.22 bits per heavy atom. The van der Waals surface area contributed by atoms with Gasteiger partial charge in [-0.2, -0.15) is 0 Å². The van der Waals surface area contributed by atoms with Crippen molar-refractivity contribution in [1.82, 2.24) is 20.2 Å². The van der Waals surface area contributed by atoms with E-state index in [9.17, 15) is 9.59 Å². The minimum absolute atomic E-state index is 0.223. The lowest BCUT2D eigenvalue weighted by molar-refractivity contribution is 0.0526. The summed E-state index contributed by atoms with van der Waals surface area (Å²) in [6.07, 6.45) is 3.80. The molecule has 0 fully saturated rings. The number of thiazole rings is 1. The van der Waals surface area contributed by atoms with Crippen molar-refractivity contribution in [3.8, 4) is 0 Å². The number of nitrogens with zero attached hydrogens (tertiary/aromatic N) is 3. The number of amides is 1. The lowest BCUT2D eigenvalue weighted by atomic mass is 9.71. The van der Waals surface area contributed by atoms with Crippen molar-refractivity contribution in [3.63, 3.8) is 0 Å². The van der Waals surface area contributed by atoms with Crippen LogP contribution in [0.15, 0.2) is 30.3 Å². The molecular weight excluding hydrogens is 484 g/mol. The zero-order valence-corrected chi connectivity index (χ0v) is 23.6. The molecule has 0 saturated carbocycles. The first kappa shape index (κ1) is 27.2. The van der Waals surface area contributed by atoms with E-state index in [0.717, 1.165) is 47.4 Å². The van der Waals surface area contributed by atoms with Gasteiger partial charge in [0.2, 0.25) is 0 Å². The summed E-state index contributed by atoms with van der Waals surface area (Å²) in [7, 11) is 4.00. The molecule has 1 unspecified atom stereocenters. The Balaban J connectivity index is 1.57. The zero-order valence-electron chi connectivity index (χ0n) is 22.8. The van der Waals surface area contributed by atoms with E-state index >= 15 is 0 Å². The summed E-state index contributed by atoms with van der Waals surface area (Å²) >= 11 is 1.34. The average Bonchev–Trinajstić information content (AvgIpc) is 3.27. The second-order valence-corrected chi connectivity index (χ2v) is 12.2. The van der Waals surface area contributed by atoms with Crippen LogP contribution in [-0.2, 0) is 17.6 Å². The van der Waals surface area contributed by atoms with Gasteiger partial charge in [-0.25, -0.2) is 14.8 Å². The number of carbonyl (C=O) groups excluding carboxylic acids is 2. The van der Waals surface area contributed by atoms with Crippen molar-refractivity contribution in [1.29, 1.82) is 0 Å². The van der Waals surface area contributed by atoms with Crippen LogP contribution in [0, 0.1) is 11.3 Å². The number of fused-ring (bicyclic) bond motifs is 2. The van der Waals surface area contributed by atoms with E-state index in [1.54, 1.807) is 19.1 Å². The number of carbonyl (C=O) groups is 2. The number of hydrogen-bond acceptors (Lipinski definition) is 7. The van der Waals surface area contributed by atoms with Gasteiger partial charge in [0.25, 0.3) is 5.91 Å². The highest BCUT2D eigenvalue weighted by Crippen LogP contribution is 2.38. The quantitative estimate of drug-likeness (QED) is 0.397. The summed E-state index contributed by atoms with van der Waals surface area (Å²) in [6.45, 7) is 9.78. The van der Waals surface area contributed by atoms with E-state index in [4.69, 9.17) is 9.72 Å². The summed E-state index contributed by atoms with van der Waals surface area (Å²) in [5.41, 5.74) is 4.79. The fourth-order valence-corrected chi connectivity index (χ4v) is 5.72. The molecule has 0 spiro atoms. The molecule has 1 N–H and O–H groups in total. The Bertz CT molecular complexity index is 1280. The fraction of sp³-hybridized carbons (Fsp3) is 0.517. The monoisotopic (exact) mass is 522 g/mol. The third-order valence-electron chi connectivity index (χ3n) is 7.14. The van der Waals surface area contributed by atoms with Crippen LogP contribution in [-0.4, -0.2) is 54.0 Å². The van der Waals surface area contributed by atoms with E-state index in [2.05, 4.69) is 42.0 Å². The van der Waals surface area contributed by atoms with Gasteiger partial charge in [-0.15, -0.1) is 0 Å². The van der Waals surface area contributed by atoms with Crippen LogP contribution in [0.25, 0.3) is 10.3 Å². The number of rotatable bonds is 8. The van der Waals surface area contributed by atoms with Gasteiger partial charge in [-0.3, -0.25) is 4.79 Å². The van der Waals surface area contributed by atoms with Crippen LogP contribution in [0.1, 0.15) is 83.6 Å². The summed E-state index contributed by atoms with van der Waals surface area (Å²) < 4.78 is 5.16. The molecule has 0 aliphatic heterocycles. The van der Waals surface area contributed by atoms with E-state index in [1.165, 1.54) is 16.9 Å². The van der Waals surface area contributed by atoms with Crippen LogP contribution in [0.2, 0.25) is 0 Å². The molecule has 0 radical (unpaired) electrons. The Hall–Kier alpha value is -2.84. The number of nitrogens with one attached hydrogen (secondary N) is 1. The number of esters is 1. The third-order valence-corrected chi connectivity index (χ3v) is 8.10. The van der Waals surface area contributed by atoms with Gasteiger partial charge in [0.15, 0.2) is 5.01 Å². The maximum absolute atomic E-state index is 13.4. The van der Waals surface area contributed by atoms with Gasteiger partial charge in [-0.05, 0) is 93.9 Å². The highest BCUT2D eigenvalue weighted by atomic mass is 32.1. The first-order valence-electron chi connectivity index (χ1n) is 13.1. The normalized spacial score (nSPS) is 16.5. The van der Waals surface area contributed by atoms with Gasteiger partial charge in [0.1, 0.15) is 10.3 Å². The molecule has 3 aromatic rings.